The molecule has 0 saturated carbocycles. The molecule has 0 unspecified atom stereocenters. The third kappa shape index (κ3) is 2.62. The molecule has 2 rings (SSSR count). The van der Waals surface area contributed by atoms with Crippen molar-refractivity contribution in [1.29, 1.82) is 0 Å². The Bertz CT molecular complexity index is 753. The number of nitrogens with zero attached hydrogens (tertiary/aromatic N) is 2. The van der Waals surface area contributed by atoms with Crippen molar-refractivity contribution < 1.29 is 13.3 Å². The summed E-state index contributed by atoms with van der Waals surface area (Å²) >= 11 is 0. The van der Waals surface area contributed by atoms with E-state index >= 15 is 0 Å². The van der Waals surface area contributed by atoms with Crippen molar-refractivity contribution in [3.05, 3.63) is 45.6 Å². The van der Waals surface area contributed by atoms with E-state index in [-0.39, 0.29) is 16.4 Å². The minimum atomic E-state index is -3.92. The van der Waals surface area contributed by atoms with Gasteiger partial charge in [0.2, 0.25) is 0 Å². The van der Waals surface area contributed by atoms with Crippen LogP contribution in [0.15, 0.2) is 29.3 Å². The average Bonchev–Trinajstić information content (AvgIpc) is 2.83. The second kappa shape index (κ2) is 4.93. The molecule has 2 aromatic rings. The second-order valence-corrected chi connectivity index (χ2v) is 5.87. The van der Waals surface area contributed by atoms with Gasteiger partial charge >= 0.3 is 0 Å². The number of non-ortho nitro benzene ring substituents is 1. The van der Waals surface area contributed by atoms with Crippen LogP contribution in [0, 0.1) is 24.0 Å². The van der Waals surface area contributed by atoms with Gasteiger partial charge in [-0.15, -0.1) is 0 Å². The Morgan fingerprint density at radius 2 is 2.05 bits per heavy atom. The van der Waals surface area contributed by atoms with Gasteiger partial charge in [-0.3, -0.25) is 19.9 Å². The average molecular weight is 296 g/mol. The van der Waals surface area contributed by atoms with Crippen LogP contribution >= 0.6 is 0 Å². The number of rotatable bonds is 4. The molecule has 8 nitrogen and oxygen atoms in total. The van der Waals surface area contributed by atoms with Crippen molar-refractivity contribution in [3.8, 4) is 0 Å². The Hall–Kier alpha value is -2.42. The summed E-state index contributed by atoms with van der Waals surface area (Å²) in [5, 5.41) is 16.9. The summed E-state index contributed by atoms with van der Waals surface area (Å²) in [6.45, 7) is 3.22. The molecule has 0 fully saturated rings. The number of aromatic amines is 1. The molecular weight excluding hydrogens is 284 g/mol. The molecule has 0 saturated heterocycles. The first kappa shape index (κ1) is 14.0. The van der Waals surface area contributed by atoms with E-state index in [0.29, 0.717) is 11.1 Å². The highest BCUT2D eigenvalue weighted by Crippen LogP contribution is 2.26. The van der Waals surface area contributed by atoms with Gasteiger partial charge in [-0.2, -0.15) is 5.10 Å². The molecule has 2 N–H and O–H groups in total. The van der Waals surface area contributed by atoms with Crippen molar-refractivity contribution in [3.63, 3.8) is 0 Å². The van der Waals surface area contributed by atoms with Crippen molar-refractivity contribution in [2.24, 2.45) is 0 Å². The van der Waals surface area contributed by atoms with Gasteiger partial charge in [-0.25, -0.2) is 8.42 Å². The van der Waals surface area contributed by atoms with Gasteiger partial charge in [0, 0.05) is 18.2 Å². The number of nitrogens with one attached hydrogen (secondary N) is 2. The maximum Gasteiger partial charge on any atom is 0.271 e. The first-order valence-corrected chi connectivity index (χ1v) is 7.07. The lowest BCUT2D eigenvalue weighted by molar-refractivity contribution is -0.385. The quantitative estimate of drug-likeness (QED) is 0.658. The molecule has 0 radical (unpaired) electrons. The van der Waals surface area contributed by atoms with Gasteiger partial charge in [0.25, 0.3) is 15.7 Å². The molecule has 0 atom stereocenters. The fraction of sp³-hybridized carbons (Fsp3) is 0.182. The molecule has 1 aromatic carbocycles. The van der Waals surface area contributed by atoms with E-state index in [1.807, 2.05) is 0 Å². The second-order valence-electron chi connectivity index (χ2n) is 4.22. The third-order valence-electron chi connectivity index (χ3n) is 2.85. The Labute approximate surface area is 115 Å². The van der Waals surface area contributed by atoms with E-state index < -0.39 is 14.9 Å². The summed E-state index contributed by atoms with van der Waals surface area (Å²) in [7, 11) is -3.92. The van der Waals surface area contributed by atoms with Gasteiger partial charge in [0.15, 0.2) is 0 Å². The smallest absolute Gasteiger partial charge is 0.264 e. The molecule has 0 spiro atoms. The van der Waals surface area contributed by atoms with Crippen molar-refractivity contribution >= 4 is 21.5 Å². The van der Waals surface area contributed by atoms with E-state index in [1.165, 1.54) is 18.3 Å². The Morgan fingerprint density at radius 1 is 1.35 bits per heavy atom. The highest BCUT2D eigenvalue weighted by Gasteiger charge is 2.22. The lowest BCUT2D eigenvalue weighted by Gasteiger charge is -2.10. The molecule has 0 aliphatic heterocycles. The SMILES string of the molecule is Cc1cc([N+](=O)[O-])cc(S(=O)(=O)Nc2ccn[nH]2)c1C. The third-order valence-corrected chi connectivity index (χ3v) is 4.34. The van der Waals surface area contributed by atoms with E-state index in [2.05, 4.69) is 14.9 Å². The molecule has 20 heavy (non-hydrogen) atoms. The van der Waals surface area contributed by atoms with E-state index in [4.69, 9.17) is 0 Å². The van der Waals surface area contributed by atoms with Crippen LogP contribution in [0.5, 0.6) is 0 Å². The summed E-state index contributed by atoms with van der Waals surface area (Å²) in [5.41, 5.74) is 0.727. The molecule has 1 aromatic heterocycles. The van der Waals surface area contributed by atoms with Crippen LogP contribution in [-0.4, -0.2) is 23.5 Å². The predicted octanol–water partition coefficient (Wildman–Crippen LogP) is 1.74. The number of benzene rings is 1. The fourth-order valence-corrected chi connectivity index (χ4v) is 3.06. The summed E-state index contributed by atoms with van der Waals surface area (Å²) in [6.07, 6.45) is 1.39. The monoisotopic (exact) mass is 296 g/mol. The van der Waals surface area contributed by atoms with Gasteiger partial charge in [-0.05, 0) is 25.0 Å². The molecular formula is C11H12N4O4S. The topological polar surface area (TPSA) is 118 Å². The van der Waals surface area contributed by atoms with Crippen LogP contribution in [0.1, 0.15) is 11.1 Å². The number of H-pyrrole nitrogens is 1. The Morgan fingerprint density at radius 3 is 2.60 bits per heavy atom. The zero-order chi connectivity index (χ0) is 14.9. The van der Waals surface area contributed by atoms with Gasteiger partial charge in [-0.1, -0.05) is 0 Å². The number of hydrogen-bond donors (Lipinski definition) is 2. The van der Waals surface area contributed by atoms with Crippen molar-refractivity contribution in [2.75, 3.05) is 4.72 Å². The maximum absolute atomic E-state index is 12.3. The van der Waals surface area contributed by atoms with Crippen LogP contribution in [0.2, 0.25) is 0 Å². The van der Waals surface area contributed by atoms with Crippen LogP contribution in [0.25, 0.3) is 0 Å². The Kier molecular flexibility index (Phi) is 3.45. The lowest BCUT2D eigenvalue weighted by Crippen LogP contribution is -2.15. The van der Waals surface area contributed by atoms with E-state index in [0.717, 1.165) is 6.07 Å². The standard InChI is InChI=1S/C11H12N4O4S/c1-7-5-9(15(16)17)6-10(8(7)2)20(18,19)14-11-3-4-12-13-11/h3-6H,1-2H3,(H2,12,13,14). The molecule has 106 valence electrons. The number of aryl methyl sites for hydroxylation is 1. The summed E-state index contributed by atoms with van der Waals surface area (Å²) in [6, 6.07) is 3.82. The van der Waals surface area contributed by atoms with E-state index in [9.17, 15) is 18.5 Å². The highest BCUT2D eigenvalue weighted by molar-refractivity contribution is 7.92. The number of sulfonamides is 1. The first-order valence-electron chi connectivity index (χ1n) is 5.59. The number of anilines is 1. The first-order chi connectivity index (χ1) is 9.31. The molecule has 0 bridgehead atoms. The zero-order valence-electron chi connectivity index (χ0n) is 10.7. The molecule has 1 heterocycles. The number of hydrogen-bond acceptors (Lipinski definition) is 5. The largest absolute Gasteiger partial charge is 0.271 e. The summed E-state index contributed by atoms with van der Waals surface area (Å²) in [5.74, 6) is 0.188. The van der Waals surface area contributed by atoms with Crippen molar-refractivity contribution in [2.45, 2.75) is 18.7 Å². The van der Waals surface area contributed by atoms with Crippen molar-refractivity contribution in [1.82, 2.24) is 10.2 Å². The normalized spacial score (nSPS) is 11.3. The fourth-order valence-electron chi connectivity index (χ4n) is 1.71. The molecule has 9 heteroatoms. The summed E-state index contributed by atoms with van der Waals surface area (Å²) < 4.78 is 26.8. The van der Waals surface area contributed by atoms with Gasteiger partial charge < -0.3 is 0 Å². The molecule has 0 aliphatic rings. The number of nitro benzene ring substituents is 1. The zero-order valence-corrected chi connectivity index (χ0v) is 11.6. The molecule has 0 amide bonds. The Balaban J connectivity index is 2.53. The minimum Gasteiger partial charge on any atom is -0.264 e. The van der Waals surface area contributed by atoms with Gasteiger partial charge in [0.05, 0.1) is 16.0 Å². The predicted molar refractivity (Wildman–Crippen MR) is 72.0 cm³/mol. The molecule has 0 aliphatic carbocycles. The van der Waals surface area contributed by atoms with E-state index in [1.54, 1.807) is 13.8 Å². The highest BCUT2D eigenvalue weighted by atomic mass is 32.2. The lowest BCUT2D eigenvalue weighted by atomic mass is 10.1. The minimum absolute atomic E-state index is 0.126. The van der Waals surface area contributed by atoms with Crippen LogP contribution < -0.4 is 4.72 Å². The maximum atomic E-state index is 12.3. The van der Waals surface area contributed by atoms with Crippen LogP contribution in [0.4, 0.5) is 11.5 Å². The summed E-state index contributed by atoms with van der Waals surface area (Å²) in [4.78, 5) is 10.1. The van der Waals surface area contributed by atoms with Gasteiger partial charge in [0.1, 0.15) is 5.82 Å². The number of aromatic nitrogens is 2. The number of nitro groups is 1. The van der Waals surface area contributed by atoms with Crippen LogP contribution in [0.3, 0.4) is 0 Å². The van der Waals surface area contributed by atoms with Crippen LogP contribution in [-0.2, 0) is 10.0 Å².